The van der Waals surface area contributed by atoms with Gasteiger partial charge in [0, 0.05) is 31.0 Å². The summed E-state index contributed by atoms with van der Waals surface area (Å²) in [7, 11) is 1.59. The molecule has 9 heteroatoms. The van der Waals surface area contributed by atoms with Crippen LogP contribution in [0.4, 0.5) is 5.69 Å². The van der Waals surface area contributed by atoms with Gasteiger partial charge in [0.25, 0.3) is 5.69 Å². The second kappa shape index (κ2) is 12.8. The fourth-order valence-corrected chi connectivity index (χ4v) is 3.89. The molecule has 2 amide bonds. The van der Waals surface area contributed by atoms with Crippen molar-refractivity contribution in [2.75, 3.05) is 19.4 Å². The van der Waals surface area contributed by atoms with Crippen molar-refractivity contribution in [1.29, 1.82) is 0 Å². The molecule has 2 aromatic rings. The zero-order valence-electron chi connectivity index (χ0n) is 19.4. The maximum absolute atomic E-state index is 13.1. The molecule has 0 radical (unpaired) electrons. The molecule has 178 valence electrons. The zero-order valence-corrected chi connectivity index (χ0v) is 20.3. The van der Waals surface area contributed by atoms with E-state index in [0.717, 1.165) is 16.9 Å². The highest BCUT2D eigenvalue weighted by Crippen LogP contribution is 2.19. The van der Waals surface area contributed by atoms with Crippen LogP contribution < -0.4 is 10.1 Å². The molecule has 0 saturated carbocycles. The first-order valence-electron chi connectivity index (χ1n) is 10.7. The number of rotatable bonds is 12. The van der Waals surface area contributed by atoms with Crippen LogP contribution in [0.25, 0.3) is 0 Å². The van der Waals surface area contributed by atoms with Gasteiger partial charge in [-0.2, -0.15) is 0 Å². The molecule has 0 aliphatic heterocycles. The summed E-state index contributed by atoms with van der Waals surface area (Å²) in [6, 6.07) is 13.1. The smallest absolute Gasteiger partial charge is 0.269 e. The maximum Gasteiger partial charge on any atom is 0.269 e. The normalized spacial score (nSPS) is 11.7. The van der Waals surface area contributed by atoms with Crippen LogP contribution in [-0.2, 0) is 21.9 Å². The summed E-state index contributed by atoms with van der Waals surface area (Å²) >= 11 is 1.41. The van der Waals surface area contributed by atoms with Crippen LogP contribution in [0.5, 0.6) is 5.75 Å². The number of nitro benzene ring substituents is 1. The molecule has 1 unspecified atom stereocenters. The number of benzene rings is 2. The van der Waals surface area contributed by atoms with E-state index in [4.69, 9.17) is 4.74 Å². The van der Waals surface area contributed by atoms with E-state index in [0.29, 0.717) is 24.8 Å². The van der Waals surface area contributed by atoms with Gasteiger partial charge in [-0.3, -0.25) is 19.7 Å². The summed E-state index contributed by atoms with van der Waals surface area (Å²) in [6.45, 7) is 6.61. The Morgan fingerprint density at radius 1 is 1.06 bits per heavy atom. The van der Waals surface area contributed by atoms with Gasteiger partial charge in [-0.15, -0.1) is 11.8 Å². The molecule has 8 nitrogen and oxygen atoms in total. The number of ether oxygens (including phenoxy) is 1. The Morgan fingerprint density at radius 2 is 1.67 bits per heavy atom. The molecule has 0 fully saturated rings. The largest absolute Gasteiger partial charge is 0.497 e. The number of carbonyl (C=O) groups is 2. The molecule has 0 heterocycles. The maximum atomic E-state index is 13.1. The Bertz CT molecular complexity index is 932. The van der Waals surface area contributed by atoms with Crippen LogP contribution in [-0.4, -0.2) is 47.1 Å². The summed E-state index contributed by atoms with van der Waals surface area (Å²) in [5.74, 6) is 1.42. The molecule has 0 aliphatic rings. The highest BCUT2D eigenvalue weighted by molar-refractivity contribution is 7.99. The molecule has 0 saturated heterocycles. The number of carbonyl (C=O) groups excluding carboxylic acids is 2. The number of amides is 2. The second-order valence-electron chi connectivity index (χ2n) is 8.10. The fourth-order valence-electron chi connectivity index (χ4n) is 3.02. The van der Waals surface area contributed by atoms with Crippen LogP contribution in [0.3, 0.4) is 0 Å². The van der Waals surface area contributed by atoms with E-state index in [-0.39, 0.29) is 23.3 Å². The molecule has 1 N–H and O–H groups in total. The molecule has 0 aromatic heterocycles. The Kier molecular flexibility index (Phi) is 10.2. The minimum Gasteiger partial charge on any atom is -0.497 e. The quantitative estimate of drug-likeness (QED) is 0.369. The zero-order chi connectivity index (χ0) is 24.4. The highest BCUT2D eigenvalue weighted by atomic mass is 32.2. The first kappa shape index (κ1) is 26.2. The number of non-ortho nitro benzene ring substituents is 1. The lowest BCUT2D eigenvalue weighted by molar-refractivity contribution is -0.384. The van der Waals surface area contributed by atoms with Crippen LogP contribution in [0.2, 0.25) is 0 Å². The van der Waals surface area contributed by atoms with Crippen LogP contribution in [0.1, 0.15) is 31.9 Å². The Labute approximate surface area is 198 Å². The molecule has 2 rings (SSSR count). The number of thioether (sulfide) groups is 1. The van der Waals surface area contributed by atoms with Crippen molar-refractivity contribution in [3.63, 3.8) is 0 Å². The predicted molar refractivity (Wildman–Crippen MR) is 130 cm³/mol. The van der Waals surface area contributed by atoms with Crippen molar-refractivity contribution in [2.45, 2.75) is 39.1 Å². The van der Waals surface area contributed by atoms with Gasteiger partial charge < -0.3 is 15.0 Å². The van der Waals surface area contributed by atoms with E-state index < -0.39 is 11.0 Å². The van der Waals surface area contributed by atoms with E-state index >= 15 is 0 Å². The molecule has 1 atom stereocenters. The van der Waals surface area contributed by atoms with Crippen molar-refractivity contribution in [3.05, 3.63) is 69.8 Å². The monoisotopic (exact) mass is 473 g/mol. The molecule has 0 aliphatic carbocycles. The molecular formula is C24H31N3O5S. The van der Waals surface area contributed by atoms with Crippen molar-refractivity contribution >= 4 is 29.3 Å². The number of methoxy groups -OCH3 is 1. The Balaban J connectivity index is 2.05. The second-order valence-corrected chi connectivity index (χ2v) is 9.09. The van der Waals surface area contributed by atoms with Gasteiger partial charge in [-0.25, -0.2) is 0 Å². The SMILES string of the molecule is COc1ccc(CN(C(=O)CSCc2ccc([N+](=O)[O-])cc2)C(C)C(=O)NCC(C)C)cc1. The number of hydrogen-bond donors (Lipinski definition) is 1. The summed E-state index contributed by atoms with van der Waals surface area (Å²) in [4.78, 5) is 37.7. The fraction of sp³-hybridized carbons (Fsp3) is 0.417. The van der Waals surface area contributed by atoms with E-state index in [1.165, 1.54) is 23.9 Å². The van der Waals surface area contributed by atoms with Crippen molar-refractivity contribution in [1.82, 2.24) is 10.2 Å². The molecule has 2 aromatic carbocycles. The minimum absolute atomic E-state index is 0.0340. The van der Waals surface area contributed by atoms with Crippen molar-refractivity contribution in [3.8, 4) is 5.75 Å². The minimum atomic E-state index is -0.627. The third-order valence-electron chi connectivity index (χ3n) is 5.01. The molecule has 33 heavy (non-hydrogen) atoms. The highest BCUT2D eigenvalue weighted by Gasteiger charge is 2.26. The lowest BCUT2D eigenvalue weighted by Crippen LogP contribution is -2.48. The summed E-state index contributed by atoms with van der Waals surface area (Å²) < 4.78 is 5.19. The Morgan fingerprint density at radius 3 is 2.21 bits per heavy atom. The van der Waals surface area contributed by atoms with Gasteiger partial charge in [0.05, 0.1) is 17.8 Å². The van der Waals surface area contributed by atoms with Gasteiger partial charge >= 0.3 is 0 Å². The number of nitrogens with one attached hydrogen (secondary N) is 1. The van der Waals surface area contributed by atoms with Gasteiger partial charge in [0.2, 0.25) is 11.8 Å². The van der Waals surface area contributed by atoms with Crippen molar-refractivity contribution < 1.29 is 19.2 Å². The standard InChI is InChI=1S/C24H31N3O5S/c1-17(2)13-25-24(29)18(3)26(14-19-7-11-22(32-4)12-8-19)23(28)16-33-15-20-5-9-21(10-6-20)27(30)31/h5-12,17-18H,13-16H2,1-4H3,(H,25,29). The number of nitro groups is 1. The predicted octanol–water partition coefficient (Wildman–Crippen LogP) is 4.03. The van der Waals surface area contributed by atoms with E-state index in [1.54, 1.807) is 31.1 Å². The van der Waals surface area contributed by atoms with E-state index in [1.807, 2.05) is 38.1 Å². The lowest BCUT2D eigenvalue weighted by Gasteiger charge is -2.29. The molecule has 0 bridgehead atoms. The van der Waals surface area contributed by atoms with Crippen LogP contribution in [0, 0.1) is 16.0 Å². The first-order chi connectivity index (χ1) is 15.7. The lowest BCUT2D eigenvalue weighted by atomic mass is 10.1. The summed E-state index contributed by atoms with van der Waals surface area (Å²) in [6.07, 6.45) is 0. The third-order valence-corrected chi connectivity index (χ3v) is 5.99. The van der Waals surface area contributed by atoms with Crippen LogP contribution in [0.15, 0.2) is 48.5 Å². The van der Waals surface area contributed by atoms with Gasteiger partial charge in [0.1, 0.15) is 11.8 Å². The average molecular weight is 474 g/mol. The van der Waals surface area contributed by atoms with Crippen molar-refractivity contribution in [2.24, 2.45) is 5.92 Å². The van der Waals surface area contributed by atoms with E-state index in [9.17, 15) is 19.7 Å². The van der Waals surface area contributed by atoms with Crippen LogP contribution >= 0.6 is 11.8 Å². The summed E-state index contributed by atoms with van der Waals surface area (Å²) in [5, 5.41) is 13.7. The Hall–Kier alpha value is -3.07. The molecular weight excluding hydrogens is 442 g/mol. The molecule has 0 spiro atoms. The topological polar surface area (TPSA) is 102 Å². The summed E-state index contributed by atoms with van der Waals surface area (Å²) in [5.41, 5.74) is 1.82. The van der Waals surface area contributed by atoms with Gasteiger partial charge in [-0.05, 0) is 36.1 Å². The van der Waals surface area contributed by atoms with E-state index in [2.05, 4.69) is 5.32 Å². The van der Waals surface area contributed by atoms with Gasteiger partial charge in [0.15, 0.2) is 0 Å². The average Bonchev–Trinajstić information content (AvgIpc) is 2.81. The third kappa shape index (κ3) is 8.42. The van der Waals surface area contributed by atoms with Gasteiger partial charge in [-0.1, -0.05) is 38.1 Å². The first-order valence-corrected chi connectivity index (χ1v) is 11.9. The number of nitrogens with zero attached hydrogens (tertiary/aromatic N) is 2. The number of hydrogen-bond acceptors (Lipinski definition) is 6.